The summed E-state index contributed by atoms with van der Waals surface area (Å²) in [6, 6.07) is 16.0. The van der Waals surface area contributed by atoms with Gasteiger partial charge in [-0.05, 0) is 41.8 Å². The Balaban J connectivity index is 2.36. The predicted molar refractivity (Wildman–Crippen MR) is 92.1 cm³/mol. The lowest BCUT2D eigenvalue weighted by Crippen LogP contribution is -2.23. The van der Waals surface area contributed by atoms with Crippen LogP contribution in [0, 0.1) is 0 Å². The van der Waals surface area contributed by atoms with Crippen LogP contribution in [-0.2, 0) is 10.2 Å². The molecule has 0 amide bonds. The van der Waals surface area contributed by atoms with Crippen molar-refractivity contribution in [3.8, 4) is 11.5 Å². The van der Waals surface area contributed by atoms with E-state index in [1.54, 1.807) is 7.11 Å². The zero-order valence-corrected chi connectivity index (χ0v) is 14.3. The fourth-order valence-corrected chi connectivity index (χ4v) is 2.97. The van der Waals surface area contributed by atoms with E-state index in [1.165, 1.54) is 18.1 Å². The number of ether oxygens (including phenoxy) is 2. The van der Waals surface area contributed by atoms with Gasteiger partial charge in [0.15, 0.2) is 0 Å². The maximum absolute atomic E-state index is 11.0. The Labute approximate surface area is 138 Å². The summed E-state index contributed by atoms with van der Waals surface area (Å²) in [5.74, 6) is 1.14. The second kappa shape index (κ2) is 7.32. The van der Waals surface area contributed by atoms with Gasteiger partial charge < -0.3 is 9.47 Å². The molecule has 0 aliphatic heterocycles. The number of esters is 1. The highest BCUT2D eigenvalue weighted by molar-refractivity contribution is 5.69. The molecule has 0 radical (unpaired) electrons. The Morgan fingerprint density at radius 2 is 1.43 bits per heavy atom. The molecule has 0 spiro atoms. The summed E-state index contributed by atoms with van der Waals surface area (Å²) in [6.07, 6.45) is 2.11. The Bertz CT molecular complexity index is 644. The average molecular weight is 312 g/mol. The molecule has 1 unspecified atom stereocenters. The van der Waals surface area contributed by atoms with E-state index in [-0.39, 0.29) is 11.4 Å². The summed E-state index contributed by atoms with van der Waals surface area (Å²) < 4.78 is 10.4. The second-order valence-corrected chi connectivity index (χ2v) is 5.93. The van der Waals surface area contributed by atoms with Crippen LogP contribution in [0.15, 0.2) is 48.5 Å². The molecule has 0 aliphatic carbocycles. The smallest absolute Gasteiger partial charge is 0.308 e. The molecule has 3 nitrogen and oxygen atoms in total. The quantitative estimate of drug-likeness (QED) is 0.571. The zero-order chi connectivity index (χ0) is 16.9. The van der Waals surface area contributed by atoms with Gasteiger partial charge in [0.1, 0.15) is 11.5 Å². The minimum atomic E-state index is -0.302. The first-order chi connectivity index (χ1) is 11.0. The van der Waals surface area contributed by atoms with Gasteiger partial charge in [-0.15, -0.1) is 0 Å². The van der Waals surface area contributed by atoms with Gasteiger partial charge in [-0.3, -0.25) is 4.79 Å². The van der Waals surface area contributed by atoms with E-state index in [1.807, 2.05) is 36.4 Å². The van der Waals surface area contributed by atoms with Crippen LogP contribution in [0.3, 0.4) is 0 Å². The maximum atomic E-state index is 11.0. The maximum Gasteiger partial charge on any atom is 0.308 e. The molecule has 0 saturated carbocycles. The number of rotatable bonds is 6. The van der Waals surface area contributed by atoms with Crippen LogP contribution >= 0.6 is 0 Å². The normalized spacial score (nSPS) is 13.2. The Kier molecular flexibility index (Phi) is 5.43. The molecular formula is C20H24O3. The molecule has 122 valence electrons. The summed E-state index contributed by atoms with van der Waals surface area (Å²) >= 11 is 0. The van der Waals surface area contributed by atoms with E-state index in [9.17, 15) is 4.79 Å². The lowest BCUT2D eigenvalue weighted by Gasteiger charge is -2.31. The van der Waals surface area contributed by atoms with Crippen molar-refractivity contribution in [1.82, 2.24) is 0 Å². The van der Waals surface area contributed by atoms with Gasteiger partial charge in [-0.25, -0.2) is 0 Å². The number of hydrogen-bond donors (Lipinski definition) is 0. The third-order valence-electron chi connectivity index (χ3n) is 4.23. The van der Waals surface area contributed by atoms with Gasteiger partial charge in [0, 0.05) is 12.3 Å². The first-order valence-electron chi connectivity index (χ1n) is 7.93. The van der Waals surface area contributed by atoms with E-state index < -0.39 is 0 Å². The summed E-state index contributed by atoms with van der Waals surface area (Å²) in [5.41, 5.74) is 2.37. The van der Waals surface area contributed by atoms with E-state index in [4.69, 9.17) is 9.47 Å². The Hall–Kier alpha value is -2.29. The number of methoxy groups -OCH3 is 1. The highest BCUT2D eigenvalue weighted by atomic mass is 16.5. The fourth-order valence-electron chi connectivity index (χ4n) is 2.97. The van der Waals surface area contributed by atoms with Crippen molar-refractivity contribution in [2.75, 3.05) is 7.11 Å². The van der Waals surface area contributed by atoms with Crippen LogP contribution < -0.4 is 9.47 Å². The summed E-state index contributed by atoms with van der Waals surface area (Å²) in [4.78, 5) is 11.0. The van der Waals surface area contributed by atoms with Crippen LogP contribution in [-0.4, -0.2) is 13.1 Å². The minimum Gasteiger partial charge on any atom is -0.497 e. The second-order valence-electron chi connectivity index (χ2n) is 5.93. The van der Waals surface area contributed by atoms with Crippen molar-refractivity contribution in [2.45, 2.75) is 39.0 Å². The van der Waals surface area contributed by atoms with Gasteiger partial charge in [-0.1, -0.05) is 44.5 Å². The molecule has 0 heterocycles. The standard InChI is InChI=1S/C20H24O3/c1-5-14-20(3,16-6-10-18(22-4)11-7-16)17-8-12-19(13-9-17)23-15(2)21/h6-13H,5,14H2,1-4H3. The Morgan fingerprint density at radius 3 is 1.83 bits per heavy atom. The third kappa shape index (κ3) is 3.92. The number of benzene rings is 2. The molecule has 0 N–H and O–H groups in total. The van der Waals surface area contributed by atoms with E-state index in [2.05, 4.69) is 26.0 Å². The molecule has 0 aromatic heterocycles. The van der Waals surface area contributed by atoms with Crippen LogP contribution in [0.2, 0.25) is 0 Å². The van der Waals surface area contributed by atoms with Crippen molar-refractivity contribution >= 4 is 5.97 Å². The fraction of sp³-hybridized carbons (Fsp3) is 0.350. The lowest BCUT2D eigenvalue weighted by atomic mass is 9.73. The minimum absolute atomic E-state index is 0.0875. The largest absolute Gasteiger partial charge is 0.497 e. The highest BCUT2D eigenvalue weighted by Gasteiger charge is 2.28. The van der Waals surface area contributed by atoms with Crippen molar-refractivity contribution in [3.05, 3.63) is 59.7 Å². The topological polar surface area (TPSA) is 35.5 Å². The molecular weight excluding hydrogens is 288 g/mol. The molecule has 1 atom stereocenters. The van der Waals surface area contributed by atoms with E-state index in [0.717, 1.165) is 18.6 Å². The summed E-state index contributed by atoms with van der Waals surface area (Å²) in [5, 5.41) is 0. The first kappa shape index (κ1) is 17.1. The summed E-state index contributed by atoms with van der Waals surface area (Å²) in [6.45, 7) is 5.85. The molecule has 0 saturated heterocycles. The highest BCUT2D eigenvalue weighted by Crippen LogP contribution is 2.37. The molecule has 2 aromatic rings. The molecule has 2 aromatic carbocycles. The number of hydrogen-bond acceptors (Lipinski definition) is 3. The van der Waals surface area contributed by atoms with Gasteiger partial charge >= 0.3 is 5.97 Å². The summed E-state index contributed by atoms with van der Waals surface area (Å²) in [7, 11) is 1.67. The van der Waals surface area contributed by atoms with Crippen LogP contribution in [0.25, 0.3) is 0 Å². The van der Waals surface area contributed by atoms with Crippen molar-refractivity contribution in [2.24, 2.45) is 0 Å². The number of carbonyl (C=O) groups excluding carboxylic acids is 1. The monoisotopic (exact) mass is 312 g/mol. The van der Waals surface area contributed by atoms with Crippen molar-refractivity contribution < 1.29 is 14.3 Å². The van der Waals surface area contributed by atoms with Gasteiger partial charge in [0.25, 0.3) is 0 Å². The van der Waals surface area contributed by atoms with Crippen molar-refractivity contribution in [3.63, 3.8) is 0 Å². The predicted octanol–water partition coefficient (Wildman–Crippen LogP) is 4.73. The van der Waals surface area contributed by atoms with Crippen LogP contribution in [0.1, 0.15) is 44.7 Å². The molecule has 0 fully saturated rings. The SMILES string of the molecule is CCCC(C)(c1ccc(OC)cc1)c1ccc(OC(C)=O)cc1. The van der Waals surface area contributed by atoms with Gasteiger partial charge in [0.05, 0.1) is 7.11 Å². The van der Waals surface area contributed by atoms with Gasteiger partial charge in [0.2, 0.25) is 0 Å². The van der Waals surface area contributed by atoms with Crippen LogP contribution in [0.4, 0.5) is 0 Å². The van der Waals surface area contributed by atoms with E-state index >= 15 is 0 Å². The lowest BCUT2D eigenvalue weighted by molar-refractivity contribution is -0.131. The average Bonchev–Trinajstić information content (AvgIpc) is 2.55. The molecule has 0 bridgehead atoms. The van der Waals surface area contributed by atoms with E-state index in [0.29, 0.717) is 5.75 Å². The first-order valence-corrected chi connectivity index (χ1v) is 7.93. The van der Waals surface area contributed by atoms with Gasteiger partial charge in [-0.2, -0.15) is 0 Å². The third-order valence-corrected chi connectivity index (χ3v) is 4.23. The molecule has 0 aliphatic rings. The number of carbonyl (C=O) groups is 1. The Morgan fingerprint density at radius 1 is 0.957 bits per heavy atom. The molecule has 3 heteroatoms. The molecule has 23 heavy (non-hydrogen) atoms. The zero-order valence-electron chi connectivity index (χ0n) is 14.3. The van der Waals surface area contributed by atoms with Crippen molar-refractivity contribution in [1.29, 1.82) is 0 Å². The molecule has 2 rings (SSSR count). The van der Waals surface area contributed by atoms with Crippen LogP contribution in [0.5, 0.6) is 11.5 Å².